The molecule has 62 valence electrons. The molecular weight excluding hydrogens is 136 g/mol. The molecule has 1 nitrogen and oxygen atoms in total. The molecule has 0 heterocycles. The van der Waals surface area contributed by atoms with Crippen LogP contribution in [0.15, 0.2) is 22.5 Å². The van der Waals surface area contributed by atoms with Gasteiger partial charge in [0.2, 0.25) is 0 Å². The van der Waals surface area contributed by atoms with E-state index in [1.807, 2.05) is 0 Å². The van der Waals surface area contributed by atoms with E-state index in [9.17, 15) is 0 Å². The molecule has 0 aliphatic heterocycles. The molecule has 0 atom stereocenters. The molecular formula is C10H16O. The zero-order valence-corrected chi connectivity index (χ0v) is 7.82. The van der Waals surface area contributed by atoms with Crippen LogP contribution in [0.3, 0.4) is 0 Å². The van der Waals surface area contributed by atoms with E-state index in [1.165, 1.54) is 23.1 Å². The zero-order valence-electron chi connectivity index (χ0n) is 7.82. The van der Waals surface area contributed by atoms with Gasteiger partial charge in [0.15, 0.2) is 0 Å². The van der Waals surface area contributed by atoms with Gasteiger partial charge in [0, 0.05) is 0 Å². The third kappa shape index (κ3) is 1.47. The highest BCUT2D eigenvalue weighted by Crippen LogP contribution is 2.29. The molecule has 0 saturated carbocycles. The van der Waals surface area contributed by atoms with Gasteiger partial charge in [-0.05, 0) is 44.8 Å². The summed E-state index contributed by atoms with van der Waals surface area (Å²) in [7, 11) is 1.75. The third-order valence-electron chi connectivity index (χ3n) is 2.45. The Balaban J connectivity index is 3.00. The van der Waals surface area contributed by atoms with E-state index < -0.39 is 0 Å². The Morgan fingerprint density at radius 2 is 1.55 bits per heavy atom. The SMILES string of the molecule is COC1=C(C)CCC(C)=C1C. The third-order valence-corrected chi connectivity index (χ3v) is 2.45. The van der Waals surface area contributed by atoms with E-state index in [-0.39, 0.29) is 0 Å². The summed E-state index contributed by atoms with van der Waals surface area (Å²) in [4.78, 5) is 0. The molecule has 0 saturated heterocycles. The van der Waals surface area contributed by atoms with Crippen LogP contribution in [-0.2, 0) is 4.74 Å². The lowest BCUT2D eigenvalue weighted by atomic mass is 9.93. The van der Waals surface area contributed by atoms with Gasteiger partial charge in [0.1, 0.15) is 5.76 Å². The second-order valence-corrected chi connectivity index (χ2v) is 3.22. The van der Waals surface area contributed by atoms with Crippen LogP contribution in [-0.4, -0.2) is 7.11 Å². The average Bonchev–Trinajstić information content (AvgIpc) is 1.99. The largest absolute Gasteiger partial charge is 0.497 e. The number of methoxy groups -OCH3 is 1. The van der Waals surface area contributed by atoms with Crippen LogP contribution in [0.4, 0.5) is 0 Å². The molecule has 1 aliphatic carbocycles. The Morgan fingerprint density at radius 3 is 2.00 bits per heavy atom. The number of rotatable bonds is 1. The van der Waals surface area contributed by atoms with Crippen LogP contribution in [0, 0.1) is 0 Å². The normalized spacial score (nSPS) is 19.3. The number of ether oxygens (including phenoxy) is 1. The summed E-state index contributed by atoms with van der Waals surface area (Å²) in [6.45, 7) is 6.46. The van der Waals surface area contributed by atoms with Crippen molar-refractivity contribution in [2.75, 3.05) is 7.11 Å². The van der Waals surface area contributed by atoms with E-state index in [1.54, 1.807) is 7.11 Å². The lowest BCUT2D eigenvalue weighted by Crippen LogP contribution is -2.02. The molecule has 0 aromatic heterocycles. The van der Waals surface area contributed by atoms with Crippen LogP contribution in [0.25, 0.3) is 0 Å². The van der Waals surface area contributed by atoms with Gasteiger partial charge in [-0.15, -0.1) is 0 Å². The topological polar surface area (TPSA) is 9.23 Å². The Bertz CT molecular complexity index is 221. The molecule has 0 N–H and O–H groups in total. The summed E-state index contributed by atoms with van der Waals surface area (Å²) in [5.41, 5.74) is 4.18. The maximum absolute atomic E-state index is 5.31. The lowest BCUT2D eigenvalue weighted by molar-refractivity contribution is 0.291. The van der Waals surface area contributed by atoms with Crippen molar-refractivity contribution in [1.29, 1.82) is 0 Å². The van der Waals surface area contributed by atoms with Crippen molar-refractivity contribution in [2.45, 2.75) is 33.6 Å². The van der Waals surface area contributed by atoms with Crippen LogP contribution >= 0.6 is 0 Å². The molecule has 0 unspecified atom stereocenters. The number of hydrogen-bond acceptors (Lipinski definition) is 1. The van der Waals surface area contributed by atoms with Crippen molar-refractivity contribution < 1.29 is 4.74 Å². The smallest absolute Gasteiger partial charge is 0.120 e. The molecule has 0 aromatic carbocycles. The molecule has 0 bridgehead atoms. The highest BCUT2D eigenvalue weighted by atomic mass is 16.5. The second-order valence-electron chi connectivity index (χ2n) is 3.22. The van der Waals surface area contributed by atoms with Gasteiger partial charge in [-0.3, -0.25) is 0 Å². The summed E-state index contributed by atoms with van der Waals surface area (Å²) in [6, 6.07) is 0. The summed E-state index contributed by atoms with van der Waals surface area (Å²) in [6.07, 6.45) is 2.36. The van der Waals surface area contributed by atoms with Gasteiger partial charge in [-0.1, -0.05) is 5.57 Å². The predicted molar refractivity (Wildman–Crippen MR) is 47.3 cm³/mol. The summed E-state index contributed by atoms with van der Waals surface area (Å²) >= 11 is 0. The molecule has 0 aromatic rings. The van der Waals surface area contributed by atoms with Gasteiger partial charge in [0.05, 0.1) is 7.11 Å². The van der Waals surface area contributed by atoms with Gasteiger partial charge < -0.3 is 4.74 Å². The maximum atomic E-state index is 5.31. The van der Waals surface area contributed by atoms with Crippen LogP contribution in [0.1, 0.15) is 33.6 Å². The van der Waals surface area contributed by atoms with Crippen molar-refractivity contribution in [1.82, 2.24) is 0 Å². The van der Waals surface area contributed by atoms with Gasteiger partial charge >= 0.3 is 0 Å². The fraction of sp³-hybridized carbons (Fsp3) is 0.600. The Morgan fingerprint density at radius 1 is 1.00 bits per heavy atom. The van der Waals surface area contributed by atoms with E-state index in [2.05, 4.69) is 20.8 Å². The van der Waals surface area contributed by atoms with Gasteiger partial charge in [0.25, 0.3) is 0 Å². The van der Waals surface area contributed by atoms with Crippen molar-refractivity contribution in [3.63, 3.8) is 0 Å². The van der Waals surface area contributed by atoms with Crippen molar-refractivity contribution >= 4 is 0 Å². The zero-order chi connectivity index (χ0) is 8.43. The van der Waals surface area contributed by atoms with Crippen molar-refractivity contribution in [3.05, 3.63) is 22.5 Å². The molecule has 1 heteroatoms. The summed E-state index contributed by atoms with van der Waals surface area (Å²) in [5.74, 6) is 1.11. The fourth-order valence-corrected chi connectivity index (χ4v) is 1.52. The van der Waals surface area contributed by atoms with E-state index >= 15 is 0 Å². The first-order chi connectivity index (χ1) is 5.16. The molecule has 1 rings (SSSR count). The molecule has 11 heavy (non-hydrogen) atoms. The minimum atomic E-state index is 1.11. The van der Waals surface area contributed by atoms with Crippen LogP contribution in [0.5, 0.6) is 0 Å². The average molecular weight is 152 g/mol. The Kier molecular flexibility index (Phi) is 2.38. The quantitative estimate of drug-likeness (QED) is 0.561. The van der Waals surface area contributed by atoms with Crippen molar-refractivity contribution in [2.24, 2.45) is 0 Å². The minimum absolute atomic E-state index is 1.11. The monoisotopic (exact) mass is 152 g/mol. The highest BCUT2D eigenvalue weighted by Gasteiger charge is 2.13. The number of allylic oxidation sites excluding steroid dienone is 3. The first kappa shape index (κ1) is 8.38. The molecule has 0 radical (unpaired) electrons. The van der Waals surface area contributed by atoms with Crippen LogP contribution < -0.4 is 0 Å². The summed E-state index contributed by atoms with van der Waals surface area (Å²) in [5, 5.41) is 0. The molecule has 0 fully saturated rings. The second kappa shape index (κ2) is 3.12. The number of hydrogen-bond donors (Lipinski definition) is 0. The maximum Gasteiger partial charge on any atom is 0.120 e. The standard InChI is InChI=1S/C10H16O/c1-7-5-6-8(2)10(11-4)9(7)3/h5-6H2,1-4H3. The predicted octanol–water partition coefficient (Wildman–Crippen LogP) is 3.04. The van der Waals surface area contributed by atoms with Gasteiger partial charge in [-0.25, -0.2) is 0 Å². The minimum Gasteiger partial charge on any atom is -0.497 e. The molecule has 0 spiro atoms. The van der Waals surface area contributed by atoms with Crippen LogP contribution in [0.2, 0.25) is 0 Å². The molecule has 0 amide bonds. The van der Waals surface area contributed by atoms with Crippen molar-refractivity contribution in [3.8, 4) is 0 Å². The fourth-order valence-electron chi connectivity index (χ4n) is 1.52. The first-order valence-electron chi connectivity index (χ1n) is 4.07. The van der Waals surface area contributed by atoms with E-state index in [4.69, 9.17) is 4.74 Å². The molecule has 1 aliphatic rings. The lowest BCUT2D eigenvalue weighted by Gasteiger charge is -2.19. The van der Waals surface area contributed by atoms with E-state index in [0.717, 1.165) is 12.2 Å². The highest BCUT2D eigenvalue weighted by molar-refractivity contribution is 5.35. The Labute approximate surface area is 68.8 Å². The summed E-state index contributed by atoms with van der Waals surface area (Å²) < 4.78 is 5.31. The first-order valence-corrected chi connectivity index (χ1v) is 4.07. The Hall–Kier alpha value is -0.720. The van der Waals surface area contributed by atoms with E-state index in [0.29, 0.717) is 0 Å². The van der Waals surface area contributed by atoms with Gasteiger partial charge in [-0.2, -0.15) is 0 Å².